The summed E-state index contributed by atoms with van der Waals surface area (Å²) in [5.41, 5.74) is 4.00. The van der Waals surface area contributed by atoms with Gasteiger partial charge in [0.25, 0.3) is 0 Å². The highest BCUT2D eigenvalue weighted by Gasteiger charge is 2.26. The van der Waals surface area contributed by atoms with Crippen molar-refractivity contribution in [3.63, 3.8) is 0 Å². The lowest BCUT2D eigenvalue weighted by Gasteiger charge is -2.26. The van der Waals surface area contributed by atoms with E-state index >= 15 is 0 Å². The van der Waals surface area contributed by atoms with E-state index in [4.69, 9.17) is 0 Å². The second-order valence-electron chi connectivity index (χ2n) is 4.53. The molecule has 1 aliphatic rings. The van der Waals surface area contributed by atoms with Gasteiger partial charge in [-0.15, -0.1) is 0 Å². The summed E-state index contributed by atoms with van der Waals surface area (Å²) in [6.07, 6.45) is 6.70. The van der Waals surface area contributed by atoms with Crippen LogP contribution in [0.3, 0.4) is 0 Å². The normalized spacial score (nSPS) is 19.0. The lowest BCUT2D eigenvalue weighted by molar-refractivity contribution is 0.416. The van der Waals surface area contributed by atoms with Gasteiger partial charge in [-0.1, -0.05) is 38.8 Å². The molecule has 0 N–H and O–H groups in total. The van der Waals surface area contributed by atoms with E-state index in [2.05, 4.69) is 27.7 Å². The van der Waals surface area contributed by atoms with Crippen LogP contribution in [0.2, 0.25) is 0 Å². The zero-order valence-electron chi connectivity index (χ0n) is 9.04. The minimum absolute atomic E-state index is 0.474. The maximum Gasteiger partial charge on any atom is -0.0145 e. The molecule has 0 aromatic heterocycles. The van der Waals surface area contributed by atoms with Crippen molar-refractivity contribution in [3.05, 3.63) is 11.1 Å². The second-order valence-corrected chi connectivity index (χ2v) is 4.53. The van der Waals surface area contributed by atoms with Crippen molar-refractivity contribution in [1.82, 2.24) is 0 Å². The van der Waals surface area contributed by atoms with Gasteiger partial charge in [0.2, 0.25) is 0 Å². The quantitative estimate of drug-likeness (QED) is 0.548. The van der Waals surface area contributed by atoms with E-state index in [1.807, 2.05) is 0 Å². The first-order valence-corrected chi connectivity index (χ1v) is 5.33. The van der Waals surface area contributed by atoms with Crippen LogP contribution in [0.5, 0.6) is 0 Å². The monoisotopic (exact) mass is 166 g/mol. The Balaban J connectivity index is 2.84. The van der Waals surface area contributed by atoms with E-state index in [0.717, 1.165) is 0 Å². The fraction of sp³-hybridized carbons (Fsp3) is 0.833. The highest BCUT2D eigenvalue weighted by Crippen LogP contribution is 2.41. The summed E-state index contributed by atoms with van der Waals surface area (Å²) in [5.74, 6) is 0. The number of hydrogen-bond acceptors (Lipinski definition) is 0. The average molecular weight is 166 g/mol. The lowest BCUT2D eigenvalue weighted by atomic mass is 9.79. The molecule has 0 atom stereocenters. The largest absolute Gasteiger partial charge is 0.0707 e. The number of rotatable bonds is 3. The van der Waals surface area contributed by atoms with E-state index in [0.29, 0.717) is 5.41 Å². The van der Waals surface area contributed by atoms with Crippen LogP contribution in [0.25, 0.3) is 0 Å². The van der Waals surface area contributed by atoms with E-state index in [-0.39, 0.29) is 0 Å². The van der Waals surface area contributed by atoms with Crippen LogP contribution in [0.15, 0.2) is 11.1 Å². The van der Waals surface area contributed by atoms with Gasteiger partial charge in [0.15, 0.2) is 0 Å². The first kappa shape index (κ1) is 9.83. The molecule has 0 bridgehead atoms. The van der Waals surface area contributed by atoms with Crippen molar-refractivity contribution >= 4 is 0 Å². The Hall–Kier alpha value is -0.260. The van der Waals surface area contributed by atoms with Gasteiger partial charge in [-0.05, 0) is 37.5 Å². The SMILES string of the molecule is CCC1=C(C(C)(C)CC)CCC1. The predicted molar refractivity (Wildman–Crippen MR) is 55.2 cm³/mol. The minimum atomic E-state index is 0.474. The number of allylic oxidation sites excluding steroid dienone is 2. The van der Waals surface area contributed by atoms with E-state index < -0.39 is 0 Å². The maximum absolute atomic E-state index is 2.39. The third-order valence-electron chi connectivity index (χ3n) is 3.46. The van der Waals surface area contributed by atoms with Crippen molar-refractivity contribution in [2.75, 3.05) is 0 Å². The Bertz CT molecular complexity index is 184. The van der Waals surface area contributed by atoms with Gasteiger partial charge in [0, 0.05) is 0 Å². The molecular formula is C12H22. The van der Waals surface area contributed by atoms with Crippen LogP contribution in [0.4, 0.5) is 0 Å². The van der Waals surface area contributed by atoms with Crippen LogP contribution in [-0.4, -0.2) is 0 Å². The zero-order valence-corrected chi connectivity index (χ0v) is 9.04. The summed E-state index contributed by atoms with van der Waals surface area (Å²) < 4.78 is 0. The third-order valence-corrected chi connectivity index (χ3v) is 3.46. The zero-order chi connectivity index (χ0) is 9.19. The molecule has 1 rings (SSSR count). The van der Waals surface area contributed by atoms with Crippen molar-refractivity contribution in [1.29, 1.82) is 0 Å². The second kappa shape index (κ2) is 3.64. The Morgan fingerprint density at radius 2 is 1.83 bits per heavy atom. The first-order chi connectivity index (χ1) is 5.61. The van der Waals surface area contributed by atoms with Crippen LogP contribution in [0, 0.1) is 5.41 Å². The van der Waals surface area contributed by atoms with Crippen LogP contribution in [-0.2, 0) is 0 Å². The van der Waals surface area contributed by atoms with Crippen molar-refractivity contribution in [2.45, 2.75) is 59.8 Å². The molecule has 0 unspecified atom stereocenters. The molecule has 0 radical (unpaired) electrons. The lowest BCUT2D eigenvalue weighted by Crippen LogP contribution is -2.13. The van der Waals surface area contributed by atoms with Crippen LogP contribution >= 0.6 is 0 Å². The predicted octanol–water partition coefficient (Wildman–Crippen LogP) is 4.31. The summed E-state index contributed by atoms with van der Waals surface area (Å²) in [6.45, 7) is 9.39. The van der Waals surface area contributed by atoms with Gasteiger partial charge >= 0.3 is 0 Å². The molecule has 70 valence electrons. The molecule has 0 aromatic carbocycles. The van der Waals surface area contributed by atoms with Crippen molar-refractivity contribution in [3.8, 4) is 0 Å². The first-order valence-electron chi connectivity index (χ1n) is 5.33. The van der Waals surface area contributed by atoms with Crippen molar-refractivity contribution < 1.29 is 0 Å². The van der Waals surface area contributed by atoms with Crippen LogP contribution in [0.1, 0.15) is 59.8 Å². The molecule has 0 saturated carbocycles. The molecular weight excluding hydrogens is 144 g/mol. The van der Waals surface area contributed by atoms with Gasteiger partial charge in [0.1, 0.15) is 0 Å². The molecule has 0 aliphatic heterocycles. The molecule has 0 amide bonds. The Labute approximate surface area is 77.1 Å². The number of hydrogen-bond donors (Lipinski definition) is 0. The third kappa shape index (κ3) is 1.73. The van der Waals surface area contributed by atoms with Crippen LogP contribution < -0.4 is 0 Å². The van der Waals surface area contributed by atoms with E-state index in [1.54, 1.807) is 11.1 Å². The topological polar surface area (TPSA) is 0 Å². The van der Waals surface area contributed by atoms with Gasteiger partial charge < -0.3 is 0 Å². The molecule has 1 aliphatic carbocycles. The van der Waals surface area contributed by atoms with Gasteiger partial charge in [-0.25, -0.2) is 0 Å². The molecule has 12 heavy (non-hydrogen) atoms. The Morgan fingerprint density at radius 3 is 2.33 bits per heavy atom. The van der Waals surface area contributed by atoms with E-state index in [1.165, 1.54) is 32.1 Å². The summed E-state index contributed by atoms with van der Waals surface area (Å²) in [4.78, 5) is 0. The maximum atomic E-state index is 2.39. The molecule has 0 fully saturated rings. The van der Waals surface area contributed by atoms with Crippen molar-refractivity contribution in [2.24, 2.45) is 5.41 Å². The fourth-order valence-corrected chi connectivity index (χ4v) is 2.23. The smallest absolute Gasteiger partial charge is 0.0145 e. The Morgan fingerprint density at radius 1 is 1.17 bits per heavy atom. The molecule has 0 heteroatoms. The average Bonchev–Trinajstić information content (AvgIpc) is 2.52. The summed E-state index contributed by atoms with van der Waals surface area (Å²) in [7, 11) is 0. The highest BCUT2D eigenvalue weighted by molar-refractivity contribution is 5.24. The summed E-state index contributed by atoms with van der Waals surface area (Å²) >= 11 is 0. The molecule has 0 spiro atoms. The fourth-order valence-electron chi connectivity index (χ4n) is 2.23. The van der Waals surface area contributed by atoms with Gasteiger partial charge in [0.05, 0.1) is 0 Å². The standard InChI is InChI=1S/C12H22/c1-5-10-8-7-9-11(10)12(3,4)6-2/h5-9H2,1-4H3. The molecule has 0 saturated heterocycles. The summed E-state index contributed by atoms with van der Waals surface area (Å²) in [6, 6.07) is 0. The Kier molecular flexibility index (Phi) is 2.98. The summed E-state index contributed by atoms with van der Waals surface area (Å²) in [5, 5.41) is 0. The van der Waals surface area contributed by atoms with Gasteiger partial charge in [-0.2, -0.15) is 0 Å². The van der Waals surface area contributed by atoms with Gasteiger partial charge in [-0.3, -0.25) is 0 Å². The highest BCUT2D eigenvalue weighted by atomic mass is 14.3. The molecule has 0 heterocycles. The van der Waals surface area contributed by atoms with E-state index in [9.17, 15) is 0 Å². The minimum Gasteiger partial charge on any atom is -0.0707 e. The molecule has 0 aromatic rings. The molecule has 0 nitrogen and oxygen atoms in total.